The lowest BCUT2D eigenvalue weighted by Gasteiger charge is -2.18. The van der Waals surface area contributed by atoms with Crippen molar-refractivity contribution in [2.24, 2.45) is 0 Å². The zero-order valence-electron chi connectivity index (χ0n) is 10.4. The van der Waals surface area contributed by atoms with E-state index in [1.54, 1.807) is 20.0 Å². The van der Waals surface area contributed by atoms with Crippen LogP contribution in [0.2, 0.25) is 0 Å². The monoisotopic (exact) mass is 231 g/mol. The van der Waals surface area contributed by atoms with E-state index in [2.05, 4.69) is 24.0 Å². The zero-order valence-corrected chi connectivity index (χ0v) is 10.4. The average molecular weight is 231 g/mol. The second-order valence-corrected chi connectivity index (χ2v) is 4.87. The zero-order chi connectivity index (χ0) is 12.6. The summed E-state index contributed by atoms with van der Waals surface area (Å²) in [6.07, 6.45) is 2.76. The summed E-state index contributed by atoms with van der Waals surface area (Å²) < 4.78 is 0. The lowest BCUT2D eigenvalue weighted by atomic mass is 9.84. The molecule has 0 amide bonds. The van der Waals surface area contributed by atoms with Gasteiger partial charge in [-0.05, 0) is 43.5 Å². The van der Waals surface area contributed by atoms with E-state index in [1.165, 1.54) is 5.56 Å². The number of aromatic amines is 1. The van der Waals surface area contributed by atoms with Gasteiger partial charge >= 0.3 is 5.97 Å². The number of hydrogen-bond donors (Lipinski definition) is 2. The van der Waals surface area contributed by atoms with E-state index < -0.39 is 11.4 Å². The molecule has 0 saturated carbocycles. The van der Waals surface area contributed by atoms with Crippen LogP contribution in [0.1, 0.15) is 31.9 Å². The van der Waals surface area contributed by atoms with E-state index in [0.29, 0.717) is 0 Å². The first-order chi connectivity index (χ1) is 7.96. The maximum absolute atomic E-state index is 11.3. The van der Waals surface area contributed by atoms with Crippen LogP contribution in [0.15, 0.2) is 24.4 Å². The van der Waals surface area contributed by atoms with Gasteiger partial charge in [-0.1, -0.05) is 13.0 Å². The number of aromatic nitrogens is 1. The molecule has 17 heavy (non-hydrogen) atoms. The Morgan fingerprint density at radius 1 is 1.41 bits per heavy atom. The SMILES string of the molecule is CCc1ccc2[nH]cc(C(C)(C)C(=O)O)c2c1. The molecule has 2 aromatic rings. The van der Waals surface area contributed by atoms with Crippen molar-refractivity contribution in [1.82, 2.24) is 4.98 Å². The van der Waals surface area contributed by atoms with Crippen molar-refractivity contribution >= 4 is 16.9 Å². The van der Waals surface area contributed by atoms with Crippen molar-refractivity contribution < 1.29 is 9.90 Å². The molecule has 3 nitrogen and oxygen atoms in total. The number of benzene rings is 1. The lowest BCUT2D eigenvalue weighted by Crippen LogP contribution is -2.28. The number of rotatable bonds is 3. The average Bonchev–Trinajstić information content (AvgIpc) is 2.71. The Morgan fingerprint density at radius 3 is 2.71 bits per heavy atom. The molecule has 1 aromatic heterocycles. The van der Waals surface area contributed by atoms with Gasteiger partial charge in [-0.2, -0.15) is 0 Å². The van der Waals surface area contributed by atoms with Crippen LogP contribution in [0, 0.1) is 0 Å². The first-order valence-corrected chi connectivity index (χ1v) is 5.80. The van der Waals surface area contributed by atoms with Crippen LogP contribution < -0.4 is 0 Å². The summed E-state index contributed by atoms with van der Waals surface area (Å²) in [4.78, 5) is 14.4. The fraction of sp³-hybridized carbons (Fsp3) is 0.357. The van der Waals surface area contributed by atoms with Gasteiger partial charge in [0, 0.05) is 17.1 Å². The molecule has 0 aliphatic rings. The third-order valence-corrected chi connectivity index (χ3v) is 3.36. The molecule has 0 radical (unpaired) electrons. The maximum atomic E-state index is 11.3. The van der Waals surface area contributed by atoms with Crippen LogP contribution in [-0.4, -0.2) is 16.1 Å². The highest BCUT2D eigenvalue weighted by atomic mass is 16.4. The molecule has 3 heteroatoms. The van der Waals surface area contributed by atoms with Crippen LogP contribution >= 0.6 is 0 Å². The van der Waals surface area contributed by atoms with Crippen molar-refractivity contribution in [3.8, 4) is 0 Å². The molecular formula is C14H17NO2. The lowest BCUT2D eigenvalue weighted by molar-refractivity contribution is -0.142. The van der Waals surface area contributed by atoms with Gasteiger partial charge in [0.15, 0.2) is 0 Å². The molecule has 0 aliphatic carbocycles. The molecule has 0 bridgehead atoms. The van der Waals surface area contributed by atoms with E-state index in [4.69, 9.17) is 0 Å². The maximum Gasteiger partial charge on any atom is 0.313 e. The normalized spacial score (nSPS) is 11.9. The highest BCUT2D eigenvalue weighted by Crippen LogP contribution is 2.31. The van der Waals surface area contributed by atoms with Gasteiger partial charge in [0.2, 0.25) is 0 Å². The molecule has 0 saturated heterocycles. The number of H-pyrrole nitrogens is 1. The highest BCUT2D eigenvalue weighted by Gasteiger charge is 2.31. The van der Waals surface area contributed by atoms with Crippen LogP contribution in [0.5, 0.6) is 0 Å². The van der Waals surface area contributed by atoms with Crippen LogP contribution in [-0.2, 0) is 16.6 Å². The molecule has 0 unspecified atom stereocenters. The Bertz CT molecular complexity index is 567. The molecular weight excluding hydrogens is 214 g/mol. The summed E-state index contributed by atoms with van der Waals surface area (Å²) in [6, 6.07) is 6.15. The number of nitrogens with one attached hydrogen (secondary N) is 1. The van der Waals surface area contributed by atoms with Crippen LogP contribution in [0.4, 0.5) is 0 Å². The molecule has 0 spiro atoms. The molecule has 0 aliphatic heterocycles. The molecule has 0 fully saturated rings. The Labute approximate surface area is 100 Å². The van der Waals surface area contributed by atoms with Crippen molar-refractivity contribution in [3.05, 3.63) is 35.5 Å². The second-order valence-electron chi connectivity index (χ2n) is 4.87. The minimum Gasteiger partial charge on any atom is -0.481 e. The molecule has 2 N–H and O–H groups in total. The van der Waals surface area contributed by atoms with E-state index >= 15 is 0 Å². The van der Waals surface area contributed by atoms with Gasteiger partial charge in [0.25, 0.3) is 0 Å². The number of carbonyl (C=O) groups is 1. The van der Waals surface area contributed by atoms with Crippen LogP contribution in [0.3, 0.4) is 0 Å². The topological polar surface area (TPSA) is 53.1 Å². The van der Waals surface area contributed by atoms with E-state index in [-0.39, 0.29) is 0 Å². The summed E-state index contributed by atoms with van der Waals surface area (Å²) in [5.74, 6) is -0.805. The van der Waals surface area contributed by atoms with Gasteiger partial charge in [-0.15, -0.1) is 0 Å². The number of fused-ring (bicyclic) bond motifs is 1. The van der Waals surface area contributed by atoms with E-state index in [9.17, 15) is 9.90 Å². The number of aryl methyl sites for hydroxylation is 1. The van der Waals surface area contributed by atoms with Crippen molar-refractivity contribution in [2.75, 3.05) is 0 Å². The number of hydrogen-bond acceptors (Lipinski definition) is 1. The summed E-state index contributed by atoms with van der Waals surface area (Å²) in [7, 11) is 0. The third-order valence-electron chi connectivity index (χ3n) is 3.36. The fourth-order valence-electron chi connectivity index (χ4n) is 2.02. The summed E-state index contributed by atoms with van der Waals surface area (Å²) in [5, 5.41) is 10.3. The first kappa shape index (κ1) is 11.7. The predicted octanol–water partition coefficient (Wildman–Crippen LogP) is 3.09. The predicted molar refractivity (Wildman–Crippen MR) is 68.3 cm³/mol. The summed E-state index contributed by atoms with van der Waals surface area (Å²) in [6.45, 7) is 5.56. The van der Waals surface area contributed by atoms with Crippen molar-refractivity contribution in [1.29, 1.82) is 0 Å². The van der Waals surface area contributed by atoms with Crippen molar-refractivity contribution in [3.63, 3.8) is 0 Å². The Balaban J connectivity index is 2.66. The van der Waals surface area contributed by atoms with Gasteiger partial charge in [0.05, 0.1) is 5.41 Å². The van der Waals surface area contributed by atoms with Crippen LogP contribution in [0.25, 0.3) is 10.9 Å². The van der Waals surface area contributed by atoms with E-state index in [1.807, 2.05) is 6.07 Å². The smallest absolute Gasteiger partial charge is 0.313 e. The first-order valence-electron chi connectivity index (χ1n) is 5.80. The van der Waals surface area contributed by atoms with Gasteiger partial charge < -0.3 is 10.1 Å². The second kappa shape index (κ2) is 3.91. The third kappa shape index (κ3) is 1.82. The van der Waals surface area contributed by atoms with Gasteiger partial charge in [-0.3, -0.25) is 4.79 Å². The molecule has 0 atom stereocenters. The quantitative estimate of drug-likeness (QED) is 0.852. The Morgan fingerprint density at radius 2 is 2.12 bits per heavy atom. The summed E-state index contributed by atoms with van der Waals surface area (Å²) in [5.41, 5.74) is 2.19. The minimum absolute atomic E-state index is 0.805. The molecule has 2 rings (SSSR count). The van der Waals surface area contributed by atoms with Crippen molar-refractivity contribution in [2.45, 2.75) is 32.6 Å². The molecule has 90 valence electrons. The van der Waals surface area contributed by atoms with E-state index in [0.717, 1.165) is 22.9 Å². The Hall–Kier alpha value is -1.77. The number of carboxylic acid groups (broad SMARTS) is 1. The molecule has 1 heterocycles. The Kier molecular flexibility index (Phi) is 2.69. The van der Waals surface area contributed by atoms with Gasteiger partial charge in [-0.25, -0.2) is 0 Å². The van der Waals surface area contributed by atoms with Gasteiger partial charge in [0.1, 0.15) is 0 Å². The largest absolute Gasteiger partial charge is 0.481 e. The highest BCUT2D eigenvalue weighted by molar-refractivity contribution is 5.91. The molecule has 1 aromatic carbocycles. The number of carboxylic acids is 1. The minimum atomic E-state index is -0.870. The fourth-order valence-corrected chi connectivity index (χ4v) is 2.02. The standard InChI is InChI=1S/C14H17NO2/c1-4-9-5-6-12-10(7-9)11(8-15-12)14(2,3)13(16)17/h5-8,15H,4H2,1-3H3,(H,16,17). The summed E-state index contributed by atoms with van der Waals surface area (Å²) >= 11 is 0. The number of aliphatic carboxylic acids is 1.